The normalized spacial score (nSPS) is 10.9. The van der Waals surface area contributed by atoms with E-state index < -0.39 is 0 Å². The Labute approximate surface area is 187 Å². The third-order valence-corrected chi connectivity index (χ3v) is 4.98. The molecule has 0 radical (unpaired) electrons. The van der Waals surface area contributed by atoms with Gasteiger partial charge < -0.3 is 10.1 Å². The van der Waals surface area contributed by atoms with Gasteiger partial charge in [-0.25, -0.2) is 4.68 Å². The number of pyridine rings is 1. The summed E-state index contributed by atoms with van der Waals surface area (Å²) in [6, 6.07) is 21.1. The van der Waals surface area contributed by atoms with E-state index in [4.69, 9.17) is 4.74 Å². The number of hydrogen-bond acceptors (Lipinski definition) is 4. The zero-order valence-electron chi connectivity index (χ0n) is 18.0. The highest BCUT2D eigenvalue weighted by atomic mass is 16.5. The van der Waals surface area contributed by atoms with E-state index in [0.717, 1.165) is 28.2 Å². The summed E-state index contributed by atoms with van der Waals surface area (Å²) in [7, 11) is 0. The van der Waals surface area contributed by atoms with Gasteiger partial charge in [0.25, 0.3) is 0 Å². The third kappa shape index (κ3) is 5.10. The van der Waals surface area contributed by atoms with Crippen LogP contribution in [0.25, 0.3) is 11.8 Å². The number of aryl methyl sites for hydroxylation is 1. The number of nitrogens with zero attached hydrogens (tertiary/aromatic N) is 3. The van der Waals surface area contributed by atoms with Crippen LogP contribution in [0.4, 0.5) is 5.69 Å². The average Bonchev–Trinajstić information content (AvgIpc) is 3.11. The van der Waals surface area contributed by atoms with E-state index in [1.165, 1.54) is 6.08 Å². The maximum atomic E-state index is 12.5. The number of carbonyl (C=O) groups is 1. The smallest absolute Gasteiger partial charge is 0.248 e. The zero-order valence-corrected chi connectivity index (χ0v) is 18.0. The van der Waals surface area contributed by atoms with Crippen molar-refractivity contribution in [3.63, 3.8) is 0 Å². The van der Waals surface area contributed by atoms with Crippen molar-refractivity contribution in [2.75, 3.05) is 5.32 Å². The molecule has 0 aliphatic heterocycles. The number of nitrogens with one attached hydrogen (secondary N) is 1. The van der Waals surface area contributed by atoms with Gasteiger partial charge in [0.15, 0.2) is 0 Å². The van der Waals surface area contributed by atoms with Gasteiger partial charge >= 0.3 is 0 Å². The van der Waals surface area contributed by atoms with Crippen molar-refractivity contribution in [1.82, 2.24) is 14.8 Å². The van der Waals surface area contributed by atoms with Crippen molar-refractivity contribution >= 4 is 17.7 Å². The van der Waals surface area contributed by atoms with Crippen molar-refractivity contribution in [2.24, 2.45) is 0 Å². The summed E-state index contributed by atoms with van der Waals surface area (Å²) in [5, 5.41) is 7.49. The molecule has 2 aromatic heterocycles. The molecule has 6 heteroatoms. The number of para-hydroxylation sites is 1. The molecule has 0 saturated heterocycles. The van der Waals surface area contributed by atoms with Crippen LogP contribution in [0.15, 0.2) is 85.2 Å². The molecule has 0 bridgehead atoms. The third-order valence-electron chi connectivity index (χ3n) is 4.98. The predicted octanol–water partition coefficient (Wildman–Crippen LogP) is 5.12. The summed E-state index contributed by atoms with van der Waals surface area (Å²) in [6.07, 6.45) is 6.81. The lowest BCUT2D eigenvalue weighted by molar-refractivity contribution is -0.111. The minimum absolute atomic E-state index is 0.222. The molecular formula is C26H24N4O2. The standard InChI is InChI=1S/C26H24N4O2/c1-19-25(20(2)30(29-19)23-10-4-3-5-11-23)13-14-26(31)28-22-9-6-12-24(16-22)32-18-21-8-7-15-27-17-21/h3-17H,18H2,1-2H3,(H,28,31). The topological polar surface area (TPSA) is 69.0 Å². The van der Waals surface area contributed by atoms with Gasteiger partial charge in [0.05, 0.1) is 11.4 Å². The Hall–Kier alpha value is -4.19. The van der Waals surface area contributed by atoms with E-state index in [1.807, 2.05) is 79.2 Å². The first kappa shape index (κ1) is 21.1. The molecule has 4 rings (SSSR count). The van der Waals surface area contributed by atoms with Gasteiger partial charge in [-0.3, -0.25) is 9.78 Å². The predicted molar refractivity (Wildman–Crippen MR) is 126 cm³/mol. The van der Waals surface area contributed by atoms with E-state index >= 15 is 0 Å². The monoisotopic (exact) mass is 424 g/mol. The number of benzene rings is 2. The summed E-state index contributed by atoms with van der Waals surface area (Å²) >= 11 is 0. The highest BCUT2D eigenvalue weighted by molar-refractivity contribution is 6.02. The second-order valence-electron chi connectivity index (χ2n) is 7.33. The zero-order chi connectivity index (χ0) is 22.3. The van der Waals surface area contributed by atoms with E-state index in [1.54, 1.807) is 24.5 Å². The number of amides is 1. The van der Waals surface area contributed by atoms with Crippen LogP contribution in [0.2, 0.25) is 0 Å². The van der Waals surface area contributed by atoms with Gasteiger partial charge in [0, 0.05) is 47.0 Å². The van der Waals surface area contributed by atoms with Crippen LogP contribution in [0.5, 0.6) is 5.75 Å². The molecule has 32 heavy (non-hydrogen) atoms. The van der Waals surface area contributed by atoms with Gasteiger partial charge in [0.1, 0.15) is 12.4 Å². The Morgan fingerprint density at radius 2 is 1.91 bits per heavy atom. The molecule has 1 N–H and O–H groups in total. The van der Waals surface area contributed by atoms with Gasteiger partial charge in [-0.2, -0.15) is 5.10 Å². The molecule has 0 atom stereocenters. The molecule has 0 unspecified atom stereocenters. The Morgan fingerprint density at radius 1 is 1.06 bits per heavy atom. The highest BCUT2D eigenvalue weighted by Crippen LogP contribution is 2.20. The minimum Gasteiger partial charge on any atom is -0.489 e. The van der Waals surface area contributed by atoms with E-state index in [9.17, 15) is 4.79 Å². The highest BCUT2D eigenvalue weighted by Gasteiger charge is 2.11. The molecule has 2 heterocycles. The van der Waals surface area contributed by atoms with E-state index in [2.05, 4.69) is 15.4 Å². The number of hydrogen-bond donors (Lipinski definition) is 1. The van der Waals surface area contributed by atoms with E-state index in [-0.39, 0.29) is 5.91 Å². The Morgan fingerprint density at radius 3 is 2.69 bits per heavy atom. The van der Waals surface area contributed by atoms with Crippen molar-refractivity contribution in [2.45, 2.75) is 20.5 Å². The van der Waals surface area contributed by atoms with Crippen molar-refractivity contribution in [1.29, 1.82) is 0 Å². The summed E-state index contributed by atoms with van der Waals surface area (Å²) in [5.41, 5.74) is 5.39. The average molecular weight is 425 g/mol. The molecular weight excluding hydrogens is 400 g/mol. The molecule has 160 valence electrons. The molecule has 0 spiro atoms. The van der Waals surface area contributed by atoms with Crippen LogP contribution in [0, 0.1) is 13.8 Å². The van der Waals surface area contributed by atoms with Crippen LogP contribution in [-0.2, 0) is 11.4 Å². The quantitative estimate of drug-likeness (QED) is 0.418. The lowest BCUT2D eigenvalue weighted by Gasteiger charge is -2.08. The molecule has 0 aliphatic rings. The molecule has 6 nitrogen and oxygen atoms in total. The first-order valence-electron chi connectivity index (χ1n) is 10.3. The first-order chi connectivity index (χ1) is 15.6. The van der Waals surface area contributed by atoms with Gasteiger partial charge in [-0.05, 0) is 50.3 Å². The van der Waals surface area contributed by atoms with Crippen LogP contribution in [0.1, 0.15) is 22.5 Å². The summed E-state index contributed by atoms with van der Waals surface area (Å²) < 4.78 is 7.68. The second-order valence-corrected chi connectivity index (χ2v) is 7.33. The maximum Gasteiger partial charge on any atom is 0.248 e. The number of carbonyl (C=O) groups excluding carboxylic acids is 1. The molecule has 2 aromatic carbocycles. The van der Waals surface area contributed by atoms with E-state index in [0.29, 0.717) is 18.0 Å². The first-order valence-corrected chi connectivity index (χ1v) is 10.3. The Balaban J connectivity index is 1.41. The number of ether oxygens (including phenoxy) is 1. The summed E-state index contributed by atoms with van der Waals surface area (Å²) in [5.74, 6) is 0.451. The second kappa shape index (κ2) is 9.75. The SMILES string of the molecule is Cc1nn(-c2ccccc2)c(C)c1C=CC(=O)Nc1cccc(OCc2cccnc2)c1. The lowest BCUT2D eigenvalue weighted by atomic mass is 10.2. The number of aromatic nitrogens is 3. The van der Waals surface area contributed by atoms with Gasteiger partial charge in [-0.1, -0.05) is 30.3 Å². The van der Waals surface area contributed by atoms with Crippen molar-refractivity contribution < 1.29 is 9.53 Å². The molecule has 0 saturated carbocycles. The fourth-order valence-corrected chi connectivity index (χ4v) is 3.37. The van der Waals surface area contributed by atoms with Crippen LogP contribution in [0.3, 0.4) is 0 Å². The Kier molecular flexibility index (Phi) is 6.41. The molecule has 4 aromatic rings. The van der Waals surface area contributed by atoms with Gasteiger partial charge in [0.2, 0.25) is 5.91 Å². The Bertz CT molecular complexity index is 1230. The molecule has 0 aliphatic carbocycles. The minimum atomic E-state index is -0.222. The van der Waals surface area contributed by atoms with Crippen LogP contribution < -0.4 is 10.1 Å². The summed E-state index contributed by atoms with van der Waals surface area (Å²) in [6.45, 7) is 4.34. The fourth-order valence-electron chi connectivity index (χ4n) is 3.37. The van der Waals surface area contributed by atoms with Crippen LogP contribution >= 0.6 is 0 Å². The van der Waals surface area contributed by atoms with Crippen molar-refractivity contribution in [3.05, 3.63) is 108 Å². The lowest BCUT2D eigenvalue weighted by Crippen LogP contribution is -2.08. The molecule has 1 amide bonds. The van der Waals surface area contributed by atoms with Crippen LogP contribution in [-0.4, -0.2) is 20.7 Å². The fraction of sp³-hybridized carbons (Fsp3) is 0.115. The van der Waals surface area contributed by atoms with Gasteiger partial charge in [-0.15, -0.1) is 0 Å². The summed E-state index contributed by atoms with van der Waals surface area (Å²) in [4.78, 5) is 16.6. The molecule has 0 fully saturated rings. The maximum absolute atomic E-state index is 12.5. The number of rotatable bonds is 7. The number of anilines is 1. The largest absolute Gasteiger partial charge is 0.489 e. The van der Waals surface area contributed by atoms with Crippen molar-refractivity contribution in [3.8, 4) is 11.4 Å².